The van der Waals surface area contributed by atoms with Crippen LogP contribution in [0.25, 0.3) is 32.9 Å². The van der Waals surface area contributed by atoms with E-state index in [1.807, 2.05) is 4.90 Å². The Morgan fingerprint density at radius 3 is 2.76 bits per heavy atom. The largest absolute Gasteiger partial charge is 0.461 e. The standard InChI is InChI=1S/C37H36F2N6O4/c1-3-15-48-36(47)45-23-10-11-24(45)19-43(18-23)34-28-17-40-32(27-8-5-7-22-9-12-29(38)26(4-2)30(22)27)31(39)33(28)41-35(42-34)49-21-37-13-6-14-44(37)20-25(46)16-37/h2-3,5,7-9,12,17,23-25,46H,1,6,10-11,13-16,18-21H2/t23-,24+,25-,37+/m1/s1. The van der Waals surface area contributed by atoms with Crippen molar-refractivity contribution < 1.29 is 28.2 Å². The van der Waals surface area contributed by atoms with Crippen LogP contribution in [0, 0.1) is 24.0 Å². The number of piperazine rings is 1. The average Bonchev–Trinajstić information content (AvgIpc) is 3.72. The van der Waals surface area contributed by atoms with Gasteiger partial charge >= 0.3 is 12.1 Å². The zero-order valence-electron chi connectivity index (χ0n) is 26.9. The third-order valence-electron chi connectivity index (χ3n) is 10.6. The normalized spacial score (nSPS) is 24.7. The van der Waals surface area contributed by atoms with Gasteiger partial charge in [-0.05, 0) is 50.1 Å². The summed E-state index contributed by atoms with van der Waals surface area (Å²) in [5.41, 5.74) is 0.0193. The first-order chi connectivity index (χ1) is 23.8. The molecule has 4 fully saturated rings. The molecule has 8 rings (SSSR count). The van der Waals surface area contributed by atoms with Crippen LogP contribution in [0.4, 0.5) is 19.4 Å². The highest BCUT2D eigenvalue weighted by atomic mass is 19.1. The molecule has 4 aliphatic heterocycles. The van der Waals surface area contributed by atoms with E-state index in [-0.39, 0.29) is 59.7 Å². The maximum absolute atomic E-state index is 16.9. The number of aromatic nitrogens is 3. The summed E-state index contributed by atoms with van der Waals surface area (Å²) in [4.78, 5) is 33.0. The maximum Gasteiger partial charge on any atom is 0.410 e. The lowest BCUT2D eigenvalue weighted by Gasteiger charge is -2.41. The summed E-state index contributed by atoms with van der Waals surface area (Å²) in [6, 6.07) is 7.87. The van der Waals surface area contributed by atoms with E-state index in [1.165, 1.54) is 12.3 Å². The molecule has 49 heavy (non-hydrogen) atoms. The number of aliphatic hydroxyl groups is 1. The summed E-state index contributed by atoms with van der Waals surface area (Å²) in [7, 11) is 0. The number of nitrogens with zero attached hydrogens (tertiary/aromatic N) is 6. The first-order valence-corrected chi connectivity index (χ1v) is 16.7. The number of halogens is 2. The van der Waals surface area contributed by atoms with Gasteiger partial charge in [-0.2, -0.15) is 9.97 Å². The SMILES string of the molecule is C#Cc1c(F)ccc2cccc(-c3ncc4c(N5C[C@H]6CC[C@@H](C5)N6C(=O)OCC=C)nc(OC[C@@]56CCCN5C[C@H](O)C6)nc4c3F)c12. The number of anilines is 1. The van der Waals surface area contributed by atoms with E-state index in [4.69, 9.17) is 20.9 Å². The third kappa shape index (κ3) is 5.23. The second-order valence-electron chi connectivity index (χ2n) is 13.5. The van der Waals surface area contributed by atoms with Gasteiger partial charge in [-0.15, -0.1) is 6.42 Å². The summed E-state index contributed by atoms with van der Waals surface area (Å²) >= 11 is 0. The molecule has 0 aliphatic carbocycles. The van der Waals surface area contributed by atoms with Crippen LogP contribution in [0.5, 0.6) is 6.01 Å². The van der Waals surface area contributed by atoms with E-state index in [0.29, 0.717) is 53.6 Å². The number of aliphatic hydroxyl groups excluding tert-OH is 1. The van der Waals surface area contributed by atoms with Gasteiger partial charge in [0.1, 0.15) is 36.1 Å². The van der Waals surface area contributed by atoms with Crippen molar-refractivity contribution in [3.05, 3.63) is 66.4 Å². The van der Waals surface area contributed by atoms with Gasteiger partial charge in [0.25, 0.3) is 0 Å². The Kier molecular flexibility index (Phi) is 7.84. The average molecular weight is 667 g/mol. The number of pyridine rings is 1. The van der Waals surface area contributed by atoms with Crippen LogP contribution in [0.15, 0.2) is 49.2 Å². The molecule has 4 aromatic rings. The van der Waals surface area contributed by atoms with Gasteiger partial charge in [-0.1, -0.05) is 42.8 Å². The molecule has 4 saturated heterocycles. The molecule has 0 saturated carbocycles. The number of β-amino-alcohol motifs (C(OH)–C–C–N with tert-alkyl or cyclic N) is 1. The van der Waals surface area contributed by atoms with E-state index >= 15 is 4.39 Å². The van der Waals surface area contributed by atoms with Gasteiger partial charge in [0.05, 0.1) is 34.7 Å². The first-order valence-electron chi connectivity index (χ1n) is 16.7. The number of rotatable bonds is 7. The zero-order valence-corrected chi connectivity index (χ0v) is 26.9. The Bertz CT molecular complexity index is 2020. The Balaban J connectivity index is 1.22. The molecule has 6 heterocycles. The third-order valence-corrected chi connectivity index (χ3v) is 10.6. The fourth-order valence-electron chi connectivity index (χ4n) is 8.48. The van der Waals surface area contributed by atoms with E-state index in [2.05, 4.69) is 27.4 Å². The van der Waals surface area contributed by atoms with Crippen molar-refractivity contribution in [2.24, 2.45) is 0 Å². The highest BCUT2D eigenvalue weighted by Gasteiger charge is 2.49. The second kappa shape index (κ2) is 12.2. The molecule has 12 heteroatoms. The number of carbonyl (C=O) groups is 1. The minimum absolute atomic E-state index is 0.00747. The van der Waals surface area contributed by atoms with Crippen LogP contribution < -0.4 is 9.64 Å². The van der Waals surface area contributed by atoms with E-state index in [9.17, 15) is 14.3 Å². The molecule has 0 radical (unpaired) electrons. The predicted molar refractivity (Wildman–Crippen MR) is 180 cm³/mol. The molecule has 10 nitrogen and oxygen atoms in total. The molecule has 0 unspecified atom stereocenters. The number of hydrogen-bond donors (Lipinski definition) is 1. The number of hydrogen-bond acceptors (Lipinski definition) is 9. The number of fused-ring (bicyclic) bond motifs is 5. The Labute approximate surface area is 282 Å². The van der Waals surface area contributed by atoms with Crippen molar-refractivity contribution in [2.45, 2.75) is 55.8 Å². The topological polar surface area (TPSA) is 104 Å². The fraction of sp³-hybridized carbons (Fsp3) is 0.405. The quantitative estimate of drug-likeness (QED) is 0.214. The molecule has 4 aliphatic rings. The molecule has 2 bridgehead atoms. The molecule has 4 atom stereocenters. The number of benzene rings is 2. The molecule has 1 N–H and O–H groups in total. The summed E-state index contributed by atoms with van der Waals surface area (Å²) in [6.45, 7) is 6.38. The van der Waals surface area contributed by atoms with Crippen LogP contribution in [-0.2, 0) is 4.74 Å². The fourth-order valence-corrected chi connectivity index (χ4v) is 8.48. The Hall–Kier alpha value is -4.86. The molecular formula is C37H36F2N6O4. The molecule has 2 aromatic carbocycles. The van der Waals surface area contributed by atoms with E-state index in [1.54, 1.807) is 35.2 Å². The molecule has 0 spiro atoms. The van der Waals surface area contributed by atoms with Crippen LogP contribution in [0.1, 0.15) is 37.7 Å². The van der Waals surface area contributed by atoms with Crippen LogP contribution in [0.3, 0.4) is 0 Å². The highest BCUT2D eigenvalue weighted by Crippen LogP contribution is 2.41. The monoisotopic (exact) mass is 666 g/mol. The lowest BCUT2D eigenvalue weighted by Crippen LogP contribution is -2.56. The second-order valence-corrected chi connectivity index (χ2v) is 13.5. The smallest absolute Gasteiger partial charge is 0.410 e. The van der Waals surface area contributed by atoms with Crippen molar-refractivity contribution >= 4 is 33.6 Å². The lowest BCUT2D eigenvalue weighted by molar-refractivity contribution is 0.0867. The number of ether oxygens (including phenoxy) is 2. The lowest BCUT2D eigenvalue weighted by atomic mass is 9.94. The van der Waals surface area contributed by atoms with Crippen LogP contribution in [-0.4, -0.2) is 99.1 Å². The van der Waals surface area contributed by atoms with E-state index < -0.39 is 17.7 Å². The molecule has 252 valence electrons. The Morgan fingerprint density at radius 1 is 1.16 bits per heavy atom. The van der Waals surface area contributed by atoms with Crippen LogP contribution >= 0.6 is 0 Å². The minimum atomic E-state index is -0.711. The maximum atomic E-state index is 16.9. The molecular weight excluding hydrogens is 630 g/mol. The van der Waals surface area contributed by atoms with Gasteiger partial charge in [0, 0.05) is 36.8 Å². The first kappa shape index (κ1) is 31.4. The number of terminal acetylenes is 1. The minimum Gasteiger partial charge on any atom is -0.461 e. The summed E-state index contributed by atoms with van der Waals surface area (Å²) in [5, 5.41) is 11.9. The van der Waals surface area contributed by atoms with Crippen molar-refractivity contribution in [3.8, 4) is 29.6 Å². The van der Waals surface area contributed by atoms with Crippen molar-refractivity contribution in [1.29, 1.82) is 0 Å². The zero-order chi connectivity index (χ0) is 33.9. The highest BCUT2D eigenvalue weighted by molar-refractivity contribution is 6.02. The number of amides is 1. The van der Waals surface area contributed by atoms with Gasteiger partial charge in [-0.3, -0.25) is 14.8 Å². The number of carbonyl (C=O) groups excluding carboxylic acids is 1. The van der Waals surface area contributed by atoms with Gasteiger partial charge in [0.2, 0.25) is 0 Å². The summed E-state index contributed by atoms with van der Waals surface area (Å²) in [6.07, 6.45) is 12.0. The summed E-state index contributed by atoms with van der Waals surface area (Å²) in [5.74, 6) is 1.59. The predicted octanol–water partition coefficient (Wildman–Crippen LogP) is 5.06. The van der Waals surface area contributed by atoms with Crippen molar-refractivity contribution in [2.75, 3.05) is 44.3 Å². The van der Waals surface area contributed by atoms with Gasteiger partial charge in [0.15, 0.2) is 5.82 Å². The van der Waals surface area contributed by atoms with E-state index in [0.717, 1.165) is 32.2 Å². The van der Waals surface area contributed by atoms with Gasteiger partial charge < -0.3 is 19.5 Å². The molecule has 1 amide bonds. The Morgan fingerprint density at radius 2 is 1.98 bits per heavy atom. The van der Waals surface area contributed by atoms with Crippen molar-refractivity contribution in [3.63, 3.8) is 0 Å². The van der Waals surface area contributed by atoms with Crippen LogP contribution in [0.2, 0.25) is 0 Å². The summed E-state index contributed by atoms with van der Waals surface area (Å²) < 4.78 is 43.5. The van der Waals surface area contributed by atoms with Gasteiger partial charge in [-0.25, -0.2) is 13.6 Å². The molecule has 2 aromatic heterocycles. The van der Waals surface area contributed by atoms with Crippen molar-refractivity contribution in [1.82, 2.24) is 24.8 Å².